The van der Waals surface area contributed by atoms with Crippen molar-refractivity contribution in [3.8, 4) is 0 Å². The molecule has 0 aliphatic heterocycles. The minimum atomic E-state index is -0.900. The van der Waals surface area contributed by atoms with Crippen molar-refractivity contribution in [2.24, 2.45) is 0 Å². The molecule has 0 aromatic carbocycles. The molecule has 54 valence electrons. The number of aliphatic hydroxyl groups is 2. The second kappa shape index (κ2) is 3.58. The molecule has 0 saturated carbocycles. The summed E-state index contributed by atoms with van der Waals surface area (Å²) in [6.45, 7) is 2.83. The average Bonchev–Trinajstić information content (AvgIpc) is 1.63. The molecule has 3 nitrogen and oxygen atoms in total. The van der Waals surface area contributed by atoms with Crippen LogP contribution in [0.15, 0.2) is 0 Å². The number of hydrogen-bond donors (Lipinski definition) is 2. The molecule has 2 atom stereocenters. The van der Waals surface area contributed by atoms with Crippen molar-refractivity contribution in [1.29, 1.82) is 0 Å². The molecule has 0 heterocycles. The molecule has 3 heteroatoms. The summed E-state index contributed by atoms with van der Waals surface area (Å²) in [6, 6.07) is 0. The molecule has 0 radical (unpaired) electrons. The molecular weight excluding hydrogens is 120 g/mol. The van der Waals surface area contributed by atoms with Crippen LogP contribution in [0.25, 0.3) is 0 Å². The maximum absolute atomic E-state index is 10.3. The monoisotopic (exact) mass is 132 g/mol. The summed E-state index contributed by atoms with van der Waals surface area (Å²) in [5, 5.41) is 17.5. The lowest BCUT2D eigenvalue weighted by molar-refractivity contribution is -0.120. The Balaban J connectivity index is 3.50. The number of carbonyl (C=O) groups is 1. The van der Waals surface area contributed by atoms with Crippen LogP contribution in [0.5, 0.6) is 0 Å². The molecule has 2 unspecified atom stereocenters. The van der Waals surface area contributed by atoms with Crippen LogP contribution in [-0.4, -0.2) is 28.2 Å². The molecule has 0 aromatic rings. The van der Waals surface area contributed by atoms with Crippen molar-refractivity contribution < 1.29 is 15.0 Å². The quantitative estimate of drug-likeness (QED) is 0.554. The Morgan fingerprint density at radius 3 is 2.11 bits per heavy atom. The van der Waals surface area contributed by atoms with Gasteiger partial charge in [0.2, 0.25) is 0 Å². The molecular formula is C6H12O3. The average molecular weight is 132 g/mol. The largest absolute Gasteiger partial charge is 0.391 e. The fraction of sp³-hybridized carbons (Fsp3) is 0.833. The van der Waals surface area contributed by atoms with Crippen LogP contribution in [0.1, 0.15) is 20.3 Å². The van der Waals surface area contributed by atoms with Gasteiger partial charge in [-0.2, -0.15) is 0 Å². The lowest BCUT2D eigenvalue weighted by atomic mass is 10.1. The molecule has 9 heavy (non-hydrogen) atoms. The third-order valence-electron chi connectivity index (χ3n) is 1.05. The summed E-state index contributed by atoms with van der Waals surface area (Å²) in [5.74, 6) is -0.108. The van der Waals surface area contributed by atoms with Gasteiger partial charge in [0.25, 0.3) is 0 Å². The minimum Gasteiger partial charge on any atom is -0.391 e. The van der Waals surface area contributed by atoms with Crippen molar-refractivity contribution in [1.82, 2.24) is 0 Å². The second-order valence-corrected chi connectivity index (χ2v) is 2.21. The maximum atomic E-state index is 10.3. The van der Waals surface area contributed by atoms with Crippen molar-refractivity contribution in [3.63, 3.8) is 0 Å². The Kier molecular flexibility index (Phi) is 3.42. The van der Waals surface area contributed by atoms with Crippen LogP contribution in [0.4, 0.5) is 0 Å². The molecule has 0 spiro atoms. The van der Waals surface area contributed by atoms with E-state index in [0.717, 1.165) is 0 Å². The Hall–Kier alpha value is -0.410. The van der Waals surface area contributed by atoms with Gasteiger partial charge in [0.05, 0.1) is 12.2 Å². The van der Waals surface area contributed by atoms with Crippen LogP contribution < -0.4 is 0 Å². The Labute approximate surface area is 54.3 Å². The number of hydrogen-bond acceptors (Lipinski definition) is 3. The smallest absolute Gasteiger partial charge is 0.132 e. The standard InChI is InChI=1S/C6H12O3/c1-4(7)3-6(9)5(2)8/h5-6,8-9H,3H2,1-2H3. The molecule has 0 saturated heterocycles. The zero-order valence-electron chi connectivity index (χ0n) is 5.66. The first-order valence-corrected chi connectivity index (χ1v) is 2.89. The third kappa shape index (κ3) is 4.12. The van der Waals surface area contributed by atoms with Crippen LogP contribution in [0, 0.1) is 0 Å². The van der Waals surface area contributed by atoms with E-state index in [9.17, 15) is 4.79 Å². The van der Waals surface area contributed by atoms with Crippen LogP contribution in [0.2, 0.25) is 0 Å². The van der Waals surface area contributed by atoms with E-state index in [2.05, 4.69) is 0 Å². The Bertz CT molecular complexity index is 98.5. The molecule has 0 bridgehead atoms. The molecule has 2 N–H and O–H groups in total. The highest BCUT2D eigenvalue weighted by atomic mass is 16.3. The molecule has 0 fully saturated rings. The summed E-state index contributed by atoms with van der Waals surface area (Å²) in [4.78, 5) is 10.3. The SMILES string of the molecule is CC(=O)CC(O)C(C)O. The van der Waals surface area contributed by atoms with Gasteiger partial charge in [-0.15, -0.1) is 0 Å². The van der Waals surface area contributed by atoms with Crippen molar-refractivity contribution in [2.45, 2.75) is 32.5 Å². The van der Waals surface area contributed by atoms with E-state index in [1.165, 1.54) is 13.8 Å². The normalized spacial score (nSPS) is 16.9. The summed E-state index contributed by atoms with van der Waals surface area (Å²) >= 11 is 0. The topological polar surface area (TPSA) is 57.5 Å². The Morgan fingerprint density at radius 2 is 2.00 bits per heavy atom. The summed E-state index contributed by atoms with van der Waals surface area (Å²) in [7, 11) is 0. The van der Waals surface area contributed by atoms with E-state index in [4.69, 9.17) is 10.2 Å². The number of ketones is 1. The van der Waals surface area contributed by atoms with Gasteiger partial charge in [-0.05, 0) is 13.8 Å². The molecule has 0 aliphatic carbocycles. The number of rotatable bonds is 3. The van der Waals surface area contributed by atoms with Crippen LogP contribution >= 0.6 is 0 Å². The lowest BCUT2D eigenvalue weighted by Gasteiger charge is -2.10. The highest BCUT2D eigenvalue weighted by molar-refractivity contribution is 5.75. The molecule has 0 rings (SSSR count). The van der Waals surface area contributed by atoms with E-state index in [-0.39, 0.29) is 12.2 Å². The first kappa shape index (κ1) is 8.59. The van der Waals surface area contributed by atoms with Gasteiger partial charge in [-0.1, -0.05) is 0 Å². The molecule has 0 aliphatic rings. The zero-order chi connectivity index (χ0) is 7.44. The van der Waals surface area contributed by atoms with Crippen molar-refractivity contribution in [2.75, 3.05) is 0 Å². The molecule has 0 amide bonds. The third-order valence-corrected chi connectivity index (χ3v) is 1.05. The number of aliphatic hydroxyl groups excluding tert-OH is 2. The minimum absolute atomic E-state index is 0.0394. The molecule has 0 aromatic heterocycles. The number of carbonyl (C=O) groups excluding carboxylic acids is 1. The summed E-state index contributed by atoms with van der Waals surface area (Å²) < 4.78 is 0. The lowest BCUT2D eigenvalue weighted by Crippen LogP contribution is -2.24. The highest BCUT2D eigenvalue weighted by Gasteiger charge is 2.11. The van der Waals surface area contributed by atoms with Gasteiger partial charge < -0.3 is 10.2 Å². The zero-order valence-corrected chi connectivity index (χ0v) is 5.66. The van der Waals surface area contributed by atoms with Crippen molar-refractivity contribution >= 4 is 5.78 Å². The van der Waals surface area contributed by atoms with Gasteiger partial charge >= 0.3 is 0 Å². The fourth-order valence-electron chi connectivity index (χ4n) is 0.465. The maximum Gasteiger partial charge on any atom is 0.132 e. The van der Waals surface area contributed by atoms with E-state index >= 15 is 0 Å². The van der Waals surface area contributed by atoms with Crippen LogP contribution in [-0.2, 0) is 4.79 Å². The Morgan fingerprint density at radius 1 is 1.56 bits per heavy atom. The van der Waals surface area contributed by atoms with Crippen molar-refractivity contribution in [3.05, 3.63) is 0 Å². The first-order chi connectivity index (χ1) is 4.04. The summed E-state index contributed by atoms with van der Waals surface area (Å²) in [5.41, 5.74) is 0. The summed E-state index contributed by atoms with van der Waals surface area (Å²) in [6.07, 6.45) is -1.67. The van der Waals surface area contributed by atoms with E-state index in [1.54, 1.807) is 0 Å². The second-order valence-electron chi connectivity index (χ2n) is 2.21. The van der Waals surface area contributed by atoms with Gasteiger partial charge in [0.15, 0.2) is 0 Å². The van der Waals surface area contributed by atoms with Gasteiger partial charge in [0, 0.05) is 6.42 Å². The van der Waals surface area contributed by atoms with E-state index < -0.39 is 12.2 Å². The predicted octanol–water partition coefficient (Wildman–Crippen LogP) is -0.293. The first-order valence-electron chi connectivity index (χ1n) is 2.89. The highest BCUT2D eigenvalue weighted by Crippen LogP contribution is 1.97. The van der Waals surface area contributed by atoms with E-state index in [0.29, 0.717) is 0 Å². The predicted molar refractivity (Wildman–Crippen MR) is 33.0 cm³/mol. The fourth-order valence-corrected chi connectivity index (χ4v) is 0.465. The van der Waals surface area contributed by atoms with Gasteiger partial charge in [-0.25, -0.2) is 0 Å². The van der Waals surface area contributed by atoms with Gasteiger partial charge in [0.1, 0.15) is 5.78 Å². The number of Topliss-reactive ketones (excluding diaryl/α,β-unsaturated/α-hetero) is 1. The van der Waals surface area contributed by atoms with Gasteiger partial charge in [-0.3, -0.25) is 4.79 Å². The van der Waals surface area contributed by atoms with E-state index in [1.807, 2.05) is 0 Å². The van der Waals surface area contributed by atoms with Crippen LogP contribution in [0.3, 0.4) is 0 Å².